The van der Waals surface area contributed by atoms with Crippen molar-refractivity contribution in [1.29, 1.82) is 0 Å². The molecule has 2 aromatic heterocycles. The van der Waals surface area contributed by atoms with Crippen molar-refractivity contribution in [2.75, 3.05) is 25.5 Å². The molecule has 3 heterocycles. The monoisotopic (exact) mass is 378 g/mol. The number of carbonyl (C=O) groups is 1. The Balaban J connectivity index is 1.59. The van der Waals surface area contributed by atoms with E-state index in [1.807, 2.05) is 0 Å². The van der Waals surface area contributed by atoms with Crippen molar-refractivity contribution >= 4 is 22.4 Å². The number of carbonyl (C=O) groups excluding carboxylic acids is 1. The molecule has 1 saturated heterocycles. The first-order valence-electron chi connectivity index (χ1n) is 8.63. The van der Waals surface area contributed by atoms with Gasteiger partial charge >= 0.3 is 5.63 Å². The predicted octanol–water partition coefficient (Wildman–Crippen LogP) is 1.64. The fourth-order valence-corrected chi connectivity index (χ4v) is 3.64. The van der Waals surface area contributed by atoms with Gasteiger partial charge in [-0.25, -0.2) is 4.79 Å². The number of nitrogens with zero attached hydrogens (tertiary/aromatic N) is 2. The van der Waals surface area contributed by atoms with E-state index in [9.17, 15) is 9.59 Å². The number of nitrogens with two attached hydrogens (primary N) is 1. The number of ether oxygens (including phenoxy) is 1. The van der Waals surface area contributed by atoms with E-state index in [-0.39, 0.29) is 11.5 Å². The van der Waals surface area contributed by atoms with E-state index in [1.165, 1.54) is 11.3 Å². The van der Waals surface area contributed by atoms with Gasteiger partial charge in [0, 0.05) is 32.1 Å². The number of amides is 1. The lowest BCUT2D eigenvalue weighted by Gasteiger charge is -2.21. The van der Waals surface area contributed by atoms with Gasteiger partial charge in [0.1, 0.15) is 16.3 Å². The number of hydrogen-bond donors (Lipinski definition) is 2. The maximum atomic E-state index is 12.4. The average Bonchev–Trinajstić information content (AvgIpc) is 3.04. The Kier molecular flexibility index (Phi) is 6.00. The number of nitrogen functional groups attached to an aromatic ring is 1. The van der Waals surface area contributed by atoms with Crippen LogP contribution in [0.2, 0.25) is 0 Å². The summed E-state index contributed by atoms with van der Waals surface area (Å²) in [6.07, 6.45) is 3.00. The van der Waals surface area contributed by atoms with Gasteiger partial charge in [0.05, 0.1) is 0 Å². The second kappa shape index (κ2) is 8.41. The van der Waals surface area contributed by atoms with Crippen LogP contribution < -0.4 is 16.7 Å². The maximum Gasteiger partial charge on any atom is 0.349 e. The summed E-state index contributed by atoms with van der Waals surface area (Å²) in [5, 5.41) is 11.7. The van der Waals surface area contributed by atoms with Crippen LogP contribution in [0.3, 0.4) is 0 Å². The molecule has 0 bridgehead atoms. The second-order valence-electron chi connectivity index (χ2n) is 6.27. The molecule has 0 spiro atoms. The molecule has 26 heavy (non-hydrogen) atoms. The molecule has 0 unspecified atom stereocenters. The molecule has 140 valence electrons. The van der Waals surface area contributed by atoms with Crippen LogP contribution in [-0.4, -0.2) is 35.9 Å². The molecule has 1 fully saturated rings. The van der Waals surface area contributed by atoms with Crippen molar-refractivity contribution in [3.8, 4) is 0 Å². The summed E-state index contributed by atoms with van der Waals surface area (Å²) in [5.74, 6) is 0.402. The van der Waals surface area contributed by atoms with Gasteiger partial charge in [0.15, 0.2) is 0 Å². The van der Waals surface area contributed by atoms with Crippen LogP contribution >= 0.6 is 11.3 Å². The quantitative estimate of drug-likeness (QED) is 0.733. The van der Waals surface area contributed by atoms with Crippen LogP contribution in [0, 0.1) is 6.92 Å². The highest BCUT2D eigenvalue weighted by Gasteiger charge is 2.22. The molecule has 0 radical (unpaired) electrons. The van der Waals surface area contributed by atoms with Crippen LogP contribution in [0.4, 0.5) is 5.13 Å². The van der Waals surface area contributed by atoms with Crippen LogP contribution in [0.25, 0.3) is 0 Å². The molecule has 2 aromatic rings. The van der Waals surface area contributed by atoms with Crippen molar-refractivity contribution in [1.82, 2.24) is 15.5 Å². The third-order valence-electron chi connectivity index (χ3n) is 4.35. The topological polar surface area (TPSA) is 120 Å². The molecule has 0 aliphatic carbocycles. The summed E-state index contributed by atoms with van der Waals surface area (Å²) in [7, 11) is 0. The summed E-state index contributed by atoms with van der Waals surface area (Å²) in [6, 6.07) is 1.80. The Morgan fingerprint density at radius 1 is 1.38 bits per heavy atom. The summed E-state index contributed by atoms with van der Waals surface area (Å²) < 4.78 is 10.8. The Hall–Kier alpha value is -2.26. The van der Waals surface area contributed by atoms with E-state index in [0.717, 1.165) is 17.8 Å². The van der Waals surface area contributed by atoms with Crippen molar-refractivity contribution < 1.29 is 13.9 Å². The standard InChI is InChI=1S/C17H22N4O4S/c1-10-9-12(11-4-7-24-8-5-11)25-16(23)14(10)15(22)19-6-2-3-13-20-21-17(18)26-13/h9,11H,2-8H2,1H3,(H2,18,21)(H,19,22). The summed E-state index contributed by atoms with van der Waals surface area (Å²) in [4.78, 5) is 24.7. The Morgan fingerprint density at radius 3 is 2.81 bits per heavy atom. The lowest BCUT2D eigenvalue weighted by atomic mass is 9.95. The highest BCUT2D eigenvalue weighted by molar-refractivity contribution is 7.15. The lowest BCUT2D eigenvalue weighted by molar-refractivity contribution is 0.0795. The van der Waals surface area contributed by atoms with Gasteiger partial charge in [-0.2, -0.15) is 0 Å². The summed E-state index contributed by atoms with van der Waals surface area (Å²) in [6.45, 7) is 3.52. The molecule has 1 aliphatic heterocycles. The van der Waals surface area contributed by atoms with Crippen LogP contribution in [-0.2, 0) is 11.2 Å². The second-order valence-corrected chi connectivity index (χ2v) is 7.37. The number of aryl methyl sites for hydroxylation is 2. The van der Waals surface area contributed by atoms with E-state index in [2.05, 4.69) is 15.5 Å². The molecule has 0 saturated carbocycles. The molecule has 0 aromatic carbocycles. The molecular weight excluding hydrogens is 356 g/mol. The van der Waals surface area contributed by atoms with Crippen LogP contribution in [0.15, 0.2) is 15.3 Å². The largest absolute Gasteiger partial charge is 0.427 e. The van der Waals surface area contributed by atoms with Gasteiger partial charge < -0.3 is 20.2 Å². The van der Waals surface area contributed by atoms with Crippen LogP contribution in [0.1, 0.15) is 51.9 Å². The van der Waals surface area contributed by atoms with E-state index < -0.39 is 11.5 Å². The SMILES string of the molecule is Cc1cc(C2CCOCC2)oc(=O)c1C(=O)NCCCc1nnc(N)s1. The summed E-state index contributed by atoms with van der Waals surface area (Å²) in [5.41, 5.74) is 5.65. The smallest absolute Gasteiger partial charge is 0.349 e. The Labute approximate surface area is 154 Å². The third-order valence-corrected chi connectivity index (χ3v) is 5.17. The predicted molar refractivity (Wildman–Crippen MR) is 97.5 cm³/mol. The van der Waals surface area contributed by atoms with Gasteiger partial charge in [0.2, 0.25) is 5.13 Å². The van der Waals surface area contributed by atoms with Gasteiger partial charge in [-0.05, 0) is 37.8 Å². The lowest BCUT2D eigenvalue weighted by Crippen LogP contribution is -2.31. The van der Waals surface area contributed by atoms with Crippen molar-refractivity contribution in [2.24, 2.45) is 0 Å². The normalized spacial score (nSPS) is 15.1. The average molecular weight is 378 g/mol. The number of hydrogen-bond acceptors (Lipinski definition) is 8. The van der Waals surface area contributed by atoms with Crippen molar-refractivity contribution in [3.63, 3.8) is 0 Å². The third kappa shape index (κ3) is 4.47. The van der Waals surface area contributed by atoms with Gasteiger partial charge in [-0.15, -0.1) is 10.2 Å². The molecule has 8 nitrogen and oxygen atoms in total. The van der Waals surface area contributed by atoms with Gasteiger partial charge in [-0.3, -0.25) is 4.79 Å². The van der Waals surface area contributed by atoms with Gasteiger partial charge in [-0.1, -0.05) is 11.3 Å². The first-order chi connectivity index (χ1) is 12.5. The zero-order valence-electron chi connectivity index (χ0n) is 14.6. The number of anilines is 1. The zero-order chi connectivity index (χ0) is 18.5. The minimum Gasteiger partial charge on any atom is -0.427 e. The number of aromatic nitrogens is 2. The molecule has 1 amide bonds. The van der Waals surface area contributed by atoms with Crippen molar-refractivity contribution in [2.45, 2.75) is 38.5 Å². The minimum atomic E-state index is -0.583. The Bertz CT molecular complexity index is 826. The molecule has 9 heteroatoms. The van der Waals surface area contributed by atoms with E-state index >= 15 is 0 Å². The zero-order valence-corrected chi connectivity index (χ0v) is 15.4. The molecule has 0 atom stereocenters. The summed E-state index contributed by atoms with van der Waals surface area (Å²) >= 11 is 1.33. The molecule has 1 aliphatic rings. The highest BCUT2D eigenvalue weighted by atomic mass is 32.1. The maximum absolute atomic E-state index is 12.4. The molecule has 3 rings (SSSR count). The fourth-order valence-electron chi connectivity index (χ4n) is 2.99. The van der Waals surface area contributed by atoms with Crippen molar-refractivity contribution in [3.05, 3.63) is 38.4 Å². The first kappa shape index (κ1) is 18.5. The number of nitrogens with one attached hydrogen (secondary N) is 1. The van der Waals surface area contributed by atoms with E-state index in [0.29, 0.717) is 49.1 Å². The first-order valence-corrected chi connectivity index (χ1v) is 9.44. The van der Waals surface area contributed by atoms with E-state index in [4.69, 9.17) is 14.9 Å². The van der Waals surface area contributed by atoms with E-state index in [1.54, 1.807) is 13.0 Å². The fraction of sp³-hybridized carbons (Fsp3) is 0.529. The highest BCUT2D eigenvalue weighted by Crippen LogP contribution is 2.27. The minimum absolute atomic E-state index is 0.0703. The van der Waals surface area contributed by atoms with Crippen LogP contribution in [0.5, 0.6) is 0 Å². The number of rotatable bonds is 6. The Morgan fingerprint density at radius 2 is 2.15 bits per heavy atom. The molecule has 3 N–H and O–H groups in total. The van der Waals surface area contributed by atoms with Gasteiger partial charge in [0.25, 0.3) is 5.91 Å². The molecular formula is C17H22N4O4S.